The minimum Gasteiger partial charge on any atom is -0.494 e. The van der Waals surface area contributed by atoms with Gasteiger partial charge in [-0.2, -0.15) is 0 Å². The van der Waals surface area contributed by atoms with Crippen molar-refractivity contribution in [1.29, 1.82) is 0 Å². The first-order chi connectivity index (χ1) is 17.7. The number of carboxylic acid groups (broad SMARTS) is 1. The first-order valence-electron chi connectivity index (χ1n) is 12.0. The van der Waals surface area contributed by atoms with Crippen molar-refractivity contribution >= 4 is 29.2 Å². The number of carboxylic acids is 1. The topological polar surface area (TPSA) is 104 Å². The highest BCUT2D eigenvalue weighted by molar-refractivity contribution is 6.42. The second kappa shape index (κ2) is 12.0. The second-order valence-corrected chi connectivity index (χ2v) is 10.0. The number of methoxy groups -OCH3 is 1. The minimum atomic E-state index is -0.891. The molecule has 0 aliphatic heterocycles. The highest BCUT2D eigenvalue weighted by Crippen LogP contribution is 2.37. The quantitative estimate of drug-likeness (QED) is 0.251. The van der Waals surface area contributed by atoms with Crippen LogP contribution in [0.1, 0.15) is 36.4 Å². The predicted molar refractivity (Wildman–Crippen MR) is 141 cm³/mol. The van der Waals surface area contributed by atoms with Gasteiger partial charge in [0.2, 0.25) is 0 Å². The van der Waals surface area contributed by atoms with Gasteiger partial charge in [-0.25, -0.2) is 0 Å². The third-order valence-electron chi connectivity index (χ3n) is 6.45. The lowest BCUT2D eigenvalue weighted by atomic mass is 10.00. The van der Waals surface area contributed by atoms with Crippen molar-refractivity contribution in [3.8, 4) is 23.3 Å². The molecular formula is C27H30Cl2N2O6. The zero-order valence-corrected chi connectivity index (χ0v) is 22.0. The predicted octanol–water partition coefficient (Wildman–Crippen LogP) is 5.72. The fraction of sp³-hybridized carbons (Fsp3) is 0.370. The summed E-state index contributed by atoms with van der Waals surface area (Å²) in [7, 11) is 1.56. The molecule has 3 N–H and O–H groups in total. The van der Waals surface area contributed by atoms with Crippen LogP contribution in [0.2, 0.25) is 10.0 Å². The Hall–Kier alpha value is -3.07. The van der Waals surface area contributed by atoms with Gasteiger partial charge in [0, 0.05) is 31.3 Å². The van der Waals surface area contributed by atoms with E-state index in [1.54, 1.807) is 19.2 Å². The molecule has 10 heteroatoms. The lowest BCUT2D eigenvalue weighted by Crippen LogP contribution is -2.32. The van der Waals surface area contributed by atoms with Gasteiger partial charge < -0.3 is 24.8 Å². The van der Waals surface area contributed by atoms with Gasteiger partial charge in [0.15, 0.2) is 23.3 Å². The fourth-order valence-electron chi connectivity index (χ4n) is 4.36. The number of aromatic nitrogens is 1. The lowest BCUT2D eigenvalue weighted by molar-refractivity contribution is -0.138. The van der Waals surface area contributed by atoms with E-state index in [9.17, 15) is 20.1 Å². The van der Waals surface area contributed by atoms with Crippen LogP contribution in [0.25, 0.3) is 0 Å². The van der Waals surface area contributed by atoms with Crippen LogP contribution >= 0.6 is 23.2 Å². The third kappa shape index (κ3) is 7.03. The van der Waals surface area contributed by atoms with Crippen LogP contribution in [0.5, 0.6) is 23.3 Å². The number of rotatable bonds is 13. The molecule has 1 atom stereocenters. The maximum absolute atomic E-state index is 11.8. The van der Waals surface area contributed by atoms with Crippen molar-refractivity contribution in [2.24, 2.45) is 5.92 Å². The second-order valence-electron chi connectivity index (χ2n) is 9.20. The Morgan fingerprint density at radius 3 is 2.41 bits per heavy atom. The molecule has 0 radical (unpaired) electrons. The van der Waals surface area contributed by atoms with Gasteiger partial charge in [-0.1, -0.05) is 35.3 Å². The Labute approximate surface area is 225 Å². The SMILES string of the molecule is COc1cc(CN(CC2CC2)C(CC(=O)O)c2ccc(Cl)c(Cl)c2)ccc1OCCn1c(O)ccc1O. The maximum Gasteiger partial charge on any atom is 0.305 e. The summed E-state index contributed by atoms with van der Waals surface area (Å²) in [5.41, 5.74) is 1.75. The number of carbonyl (C=O) groups is 1. The van der Waals surface area contributed by atoms with Crippen LogP contribution in [-0.4, -0.2) is 51.0 Å². The number of ether oxygens (including phenoxy) is 2. The molecule has 0 spiro atoms. The zero-order valence-electron chi connectivity index (χ0n) is 20.4. The van der Waals surface area contributed by atoms with Crippen molar-refractivity contribution in [1.82, 2.24) is 9.47 Å². The number of aromatic hydroxyl groups is 2. The average Bonchev–Trinajstić information content (AvgIpc) is 3.63. The molecule has 1 heterocycles. The Kier molecular flexibility index (Phi) is 8.74. The van der Waals surface area contributed by atoms with Gasteiger partial charge in [-0.15, -0.1) is 0 Å². The highest BCUT2D eigenvalue weighted by Gasteiger charge is 2.31. The van der Waals surface area contributed by atoms with E-state index >= 15 is 0 Å². The Morgan fingerprint density at radius 1 is 1.05 bits per heavy atom. The molecule has 0 saturated heterocycles. The van der Waals surface area contributed by atoms with Gasteiger partial charge >= 0.3 is 5.97 Å². The molecule has 8 nitrogen and oxygen atoms in total. The van der Waals surface area contributed by atoms with Crippen molar-refractivity contribution in [3.63, 3.8) is 0 Å². The van der Waals surface area contributed by atoms with Gasteiger partial charge in [0.1, 0.15) is 6.61 Å². The van der Waals surface area contributed by atoms with Crippen molar-refractivity contribution < 1.29 is 29.6 Å². The molecule has 198 valence electrons. The van der Waals surface area contributed by atoms with Gasteiger partial charge in [0.05, 0.1) is 30.1 Å². The van der Waals surface area contributed by atoms with Crippen LogP contribution in [0.3, 0.4) is 0 Å². The standard InChI is InChI=1S/C27H30Cl2N2O6/c1-36-24-12-18(4-7-23(24)37-11-10-31-25(32)8-9-26(31)33)16-30(15-17-2-3-17)22(14-27(34)35)19-5-6-20(28)21(29)13-19/h4-9,12-13,17,22,32-33H,2-3,10-11,14-16H2,1H3,(H,34,35). The monoisotopic (exact) mass is 548 g/mol. The molecule has 1 saturated carbocycles. The summed E-state index contributed by atoms with van der Waals surface area (Å²) in [6.45, 7) is 1.74. The molecule has 2 aromatic carbocycles. The Morgan fingerprint density at radius 2 is 1.78 bits per heavy atom. The molecule has 0 amide bonds. The summed E-state index contributed by atoms with van der Waals surface area (Å²) in [5.74, 6) is 0.615. The first kappa shape index (κ1) is 27.0. The van der Waals surface area contributed by atoms with E-state index < -0.39 is 5.97 Å². The number of aliphatic carboxylic acids is 1. The fourth-order valence-corrected chi connectivity index (χ4v) is 4.67. The molecule has 1 aromatic heterocycles. The minimum absolute atomic E-state index is 0.0444. The highest BCUT2D eigenvalue weighted by atomic mass is 35.5. The molecular weight excluding hydrogens is 519 g/mol. The van der Waals surface area contributed by atoms with Crippen LogP contribution in [0.15, 0.2) is 48.5 Å². The molecule has 1 aliphatic carbocycles. The summed E-state index contributed by atoms with van der Waals surface area (Å²) in [6, 6.07) is 13.3. The summed E-state index contributed by atoms with van der Waals surface area (Å²) in [6.07, 6.45) is 2.18. The summed E-state index contributed by atoms with van der Waals surface area (Å²) in [4.78, 5) is 14.0. The van der Waals surface area contributed by atoms with E-state index in [-0.39, 0.29) is 37.4 Å². The summed E-state index contributed by atoms with van der Waals surface area (Å²) in [5, 5.41) is 30.1. The number of nitrogens with zero attached hydrogens (tertiary/aromatic N) is 2. The molecule has 1 aliphatic rings. The van der Waals surface area contributed by atoms with Crippen LogP contribution < -0.4 is 9.47 Å². The maximum atomic E-state index is 11.8. The van der Waals surface area contributed by atoms with Crippen molar-refractivity contribution in [3.05, 3.63) is 69.7 Å². The zero-order chi connectivity index (χ0) is 26.5. The number of halogens is 2. The van der Waals surface area contributed by atoms with Crippen LogP contribution in [-0.2, 0) is 17.9 Å². The van der Waals surface area contributed by atoms with E-state index in [0.717, 1.165) is 30.5 Å². The molecule has 4 rings (SSSR count). The van der Waals surface area contributed by atoms with E-state index in [1.807, 2.05) is 24.3 Å². The number of hydrogen-bond acceptors (Lipinski definition) is 6. The van der Waals surface area contributed by atoms with E-state index in [1.165, 1.54) is 16.7 Å². The normalized spacial score (nSPS) is 14.1. The largest absolute Gasteiger partial charge is 0.494 e. The molecule has 3 aromatic rings. The number of hydrogen-bond donors (Lipinski definition) is 3. The first-order valence-corrected chi connectivity index (χ1v) is 12.8. The number of benzene rings is 2. The van der Waals surface area contributed by atoms with E-state index in [4.69, 9.17) is 32.7 Å². The van der Waals surface area contributed by atoms with Crippen LogP contribution in [0, 0.1) is 5.92 Å². The Balaban J connectivity index is 1.52. The summed E-state index contributed by atoms with van der Waals surface area (Å²) < 4.78 is 12.7. The van der Waals surface area contributed by atoms with Gasteiger partial charge in [-0.3, -0.25) is 14.3 Å². The molecule has 0 bridgehead atoms. The molecule has 37 heavy (non-hydrogen) atoms. The van der Waals surface area contributed by atoms with E-state index in [2.05, 4.69) is 4.90 Å². The Bertz CT molecular complexity index is 1220. The van der Waals surface area contributed by atoms with Gasteiger partial charge in [-0.05, 0) is 54.2 Å². The summed E-state index contributed by atoms with van der Waals surface area (Å²) >= 11 is 12.4. The smallest absolute Gasteiger partial charge is 0.305 e. The van der Waals surface area contributed by atoms with Gasteiger partial charge in [0.25, 0.3) is 0 Å². The van der Waals surface area contributed by atoms with Crippen LogP contribution in [0.4, 0.5) is 0 Å². The molecule has 1 unspecified atom stereocenters. The third-order valence-corrected chi connectivity index (χ3v) is 7.19. The van der Waals surface area contributed by atoms with Crippen molar-refractivity contribution in [2.75, 3.05) is 20.3 Å². The van der Waals surface area contributed by atoms with E-state index in [0.29, 0.717) is 34.0 Å². The molecule has 1 fully saturated rings. The lowest BCUT2D eigenvalue weighted by Gasteiger charge is -2.32. The average molecular weight is 549 g/mol. The van der Waals surface area contributed by atoms with Crippen molar-refractivity contribution in [2.45, 2.75) is 38.4 Å².